The summed E-state index contributed by atoms with van der Waals surface area (Å²) in [6, 6.07) is 18.8. The first-order valence-corrected chi connectivity index (χ1v) is 11.6. The van der Waals surface area contributed by atoms with E-state index in [0.717, 1.165) is 5.56 Å². The molecule has 0 aromatic heterocycles. The van der Waals surface area contributed by atoms with E-state index >= 15 is 0 Å². The molecule has 1 atom stereocenters. The molecule has 1 amide bonds. The number of carbonyl (C=O) groups is 1. The van der Waals surface area contributed by atoms with E-state index in [-0.39, 0.29) is 41.0 Å². The van der Waals surface area contributed by atoms with Gasteiger partial charge in [-0.2, -0.15) is 13.2 Å². The zero-order valence-corrected chi connectivity index (χ0v) is 19.9. The fraction of sp³-hybridized carbons (Fsp3) is 0.269. The molecule has 1 aliphatic heterocycles. The van der Waals surface area contributed by atoms with Crippen molar-refractivity contribution in [3.63, 3.8) is 0 Å². The second kappa shape index (κ2) is 9.51. The molecule has 0 saturated carbocycles. The number of amides is 1. The Hall–Kier alpha value is -2.70. The summed E-state index contributed by atoms with van der Waals surface area (Å²) in [5.41, 5.74) is 0.777. The van der Waals surface area contributed by atoms with Crippen LogP contribution in [0.25, 0.3) is 0 Å². The van der Waals surface area contributed by atoms with E-state index in [4.69, 9.17) is 23.2 Å². The molecule has 3 nitrogen and oxygen atoms in total. The average Bonchev–Trinajstić information content (AvgIpc) is 3.25. The van der Waals surface area contributed by atoms with Gasteiger partial charge in [-0.3, -0.25) is 4.79 Å². The number of hydrogen-bond acceptors (Lipinski definition) is 2. The Morgan fingerprint density at radius 1 is 1.03 bits per heavy atom. The molecule has 0 bridgehead atoms. The van der Waals surface area contributed by atoms with Gasteiger partial charge in [-0.1, -0.05) is 53.5 Å². The minimum absolute atomic E-state index is 0.0635. The maximum Gasteiger partial charge on any atom is 0.400 e. The molecule has 1 fully saturated rings. The van der Waals surface area contributed by atoms with Crippen LogP contribution >= 0.6 is 23.2 Å². The predicted octanol–water partition coefficient (Wildman–Crippen LogP) is 6.94. The maximum atomic E-state index is 14.4. The van der Waals surface area contributed by atoms with Gasteiger partial charge in [0.25, 0.3) is 5.91 Å². The average molecular weight is 507 g/mol. The lowest BCUT2D eigenvalue weighted by Gasteiger charge is -2.33. The van der Waals surface area contributed by atoms with Crippen molar-refractivity contribution in [2.75, 3.05) is 18.0 Å². The molecule has 1 aliphatic rings. The molecule has 4 rings (SSSR count). The van der Waals surface area contributed by atoms with E-state index < -0.39 is 11.6 Å². The van der Waals surface area contributed by atoms with Crippen molar-refractivity contribution < 1.29 is 18.0 Å². The summed E-state index contributed by atoms with van der Waals surface area (Å²) in [7, 11) is 0. The van der Waals surface area contributed by atoms with Crippen molar-refractivity contribution >= 4 is 34.8 Å². The lowest BCUT2D eigenvalue weighted by molar-refractivity contribution is -0.184. The van der Waals surface area contributed by atoms with Crippen LogP contribution in [0.1, 0.15) is 33.5 Å². The number of carbonyl (C=O) groups excluding carboxylic acids is 1. The van der Waals surface area contributed by atoms with E-state index in [9.17, 15) is 18.0 Å². The summed E-state index contributed by atoms with van der Waals surface area (Å²) in [6.45, 7) is 2.13. The van der Waals surface area contributed by atoms with Gasteiger partial charge >= 0.3 is 6.18 Å². The minimum atomic E-state index is -4.48. The molecule has 8 heteroatoms. The van der Waals surface area contributed by atoms with Crippen LogP contribution in [0.4, 0.5) is 18.9 Å². The first-order valence-electron chi connectivity index (χ1n) is 10.8. The van der Waals surface area contributed by atoms with E-state index in [1.54, 1.807) is 30.0 Å². The van der Waals surface area contributed by atoms with Crippen LogP contribution in [-0.2, 0) is 12.0 Å². The highest BCUT2D eigenvalue weighted by Crippen LogP contribution is 2.49. The summed E-state index contributed by atoms with van der Waals surface area (Å²) in [6.07, 6.45) is -4.60. The molecule has 3 aromatic rings. The van der Waals surface area contributed by atoms with Crippen LogP contribution in [0, 0.1) is 6.92 Å². The van der Waals surface area contributed by atoms with Gasteiger partial charge in [0.05, 0.1) is 0 Å². The Kier molecular flexibility index (Phi) is 6.83. The molecule has 1 saturated heterocycles. The van der Waals surface area contributed by atoms with Crippen LogP contribution in [-0.4, -0.2) is 25.2 Å². The van der Waals surface area contributed by atoms with Crippen LogP contribution < -0.4 is 10.2 Å². The quantitative estimate of drug-likeness (QED) is 0.406. The van der Waals surface area contributed by atoms with E-state index in [1.165, 1.54) is 18.2 Å². The Balaban J connectivity index is 1.55. The zero-order chi connectivity index (χ0) is 24.5. The monoisotopic (exact) mass is 506 g/mol. The molecular weight excluding hydrogens is 484 g/mol. The molecule has 34 heavy (non-hydrogen) atoms. The molecule has 178 valence electrons. The first-order chi connectivity index (χ1) is 16.1. The van der Waals surface area contributed by atoms with Crippen LogP contribution in [0.2, 0.25) is 10.0 Å². The number of rotatable bonds is 5. The van der Waals surface area contributed by atoms with Crippen molar-refractivity contribution in [3.8, 4) is 0 Å². The van der Waals surface area contributed by atoms with Crippen LogP contribution in [0.5, 0.6) is 0 Å². The third-order valence-electron chi connectivity index (χ3n) is 6.34. The third kappa shape index (κ3) is 4.89. The summed E-state index contributed by atoms with van der Waals surface area (Å²) < 4.78 is 43.1. The number of nitrogens with one attached hydrogen (secondary N) is 1. The first kappa shape index (κ1) is 24.4. The summed E-state index contributed by atoms with van der Waals surface area (Å²) >= 11 is 12.0. The van der Waals surface area contributed by atoms with Crippen molar-refractivity contribution in [1.82, 2.24) is 5.32 Å². The Morgan fingerprint density at radius 2 is 1.71 bits per heavy atom. The van der Waals surface area contributed by atoms with Crippen molar-refractivity contribution in [1.29, 1.82) is 0 Å². The Bertz CT molecular complexity index is 1180. The predicted molar refractivity (Wildman–Crippen MR) is 130 cm³/mol. The summed E-state index contributed by atoms with van der Waals surface area (Å²) in [5, 5.41) is 3.23. The maximum absolute atomic E-state index is 14.4. The topological polar surface area (TPSA) is 32.3 Å². The van der Waals surface area contributed by atoms with Gasteiger partial charge in [0.2, 0.25) is 0 Å². The van der Waals surface area contributed by atoms with Gasteiger partial charge in [0.15, 0.2) is 0 Å². The number of benzene rings is 3. The SMILES string of the molecule is Cc1cc(N2CCC(c3cc(Cl)cc(Cl)c3)(C(F)(F)F)C2)ccc1C(=O)NCc1ccccc1. The van der Waals surface area contributed by atoms with E-state index in [1.807, 2.05) is 30.3 Å². The summed E-state index contributed by atoms with van der Waals surface area (Å²) in [5.74, 6) is -0.229. The molecular formula is C26H23Cl2F3N2O. The highest BCUT2D eigenvalue weighted by molar-refractivity contribution is 6.34. The lowest BCUT2D eigenvalue weighted by Crippen LogP contribution is -2.44. The second-order valence-electron chi connectivity index (χ2n) is 8.58. The van der Waals surface area contributed by atoms with Gasteiger partial charge < -0.3 is 10.2 Å². The van der Waals surface area contributed by atoms with Gasteiger partial charge in [0, 0.05) is 40.9 Å². The number of anilines is 1. The second-order valence-corrected chi connectivity index (χ2v) is 9.45. The number of hydrogen-bond donors (Lipinski definition) is 1. The van der Waals surface area contributed by atoms with E-state index in [2.05, 4.69) is 5.32 Å². The number of aryl methyl sites for hydroxylation is 1. The van der Waals surface area contributed by atoms with E-state index in [0.29, 0.717) is 23.4 Å². The molecule has 0 spiro atoms. The molecule has 0 aliphatic carbocycles. The molecule has 1 N–H and O–H groups in total. The van der Waals surface area contributed by atoms with Gasteiger partial charge in [-0.25, -0.2) is 0 Å². The van der Waals surface area contributed by atoms with Crippen LogP contribution in [0.3, 0.4) is 0 Å². The minimum Gasteiger partial charge on any atom is -0.370 e. The number of halogens is 5. The van der Waals surface area contributed by atoms with Crippen LogP contribution in [0.15, 0.2) is 66.7 Å². The highest BCUT2D eigenvalue weighted by atomic mass is 35.5. The molecule has 1 unspecified atom stereocenters. The molecule has 0 radical (unpaired) electrons. The standard InChI is InChI=1S/C26H23Cl2F3N2O/c1-17-11-22(7-8-23(17)24(34)32-15-18-5-3-2-4-6-18)33-10-9-25(16-33,26(29,30)31)19-12-20(27)14-21(28)13-19/h2-8,11-14H,9-10,15-16H2,1H3,(H,32,34). The normalized spacial score (nSPS) is 18.2. The zero-order valence-electron chi connectivity index (χ0n) is 18.4. The Morgan fingerprint density at radius 3 is 2.32 bits per heavy atom. The van der Waals surface area contributed by atoms with Crippen molar-refractivity contribution in [2.24, 2.45) is 0 Å². The van der Waals surface area contributed by atoms with Crippen molar-refractivity contribution in [3.05, 3.63) is 99.0 Å². The molecule has 3 aromatic carbocycles. The fourth-order valence-electron chi connectivity index (χ4n) is 4.46. The fourth-order valence-corrected chi connectivity index (χ4v) is 4.99. The number of nitrogens with zero attached hydrogens (tertiary/aromatic N) is 1. The highest BCUT2D eigenvalue weighted by Gasteiger charge is 2.59. The Labute approximate surface area is 206 Å². The lowest BCUT2D eigenvalue weighted by atomic mass is 9.79. The largest absolute Gasteiger partial charge is 0.400 e. The third-order valence-corrected chi connectivity index (χ3v) is 6.78. The smallest absolute Gasteiger partial charge is 0.370 e. The van der Waals surface area contributed by atoms with Gasteiger partial charge in [0.1, 0.15) is 5.41 Å². The molecule has 1 heterocycles. The van der Waals surface area contributed by atoms with Crippen molar-refractivity contribution in [2.45, 2.75) is 31.5 Å². The van der Waals surface area contributed by atoms with Gasteiger partial charge in [-0.05, 0) is 66.4 Å². The van der Waals surface area contributed by atoms with Gasteiger partial charge in [-0.15, -0.1) is 0 Å². The summed E-state index contributed by atoms with van der Waals surface area (Å²) in [4.78, 5) is 14.4. The number of alkyl halides is 3.